The highest BCUT2D eigenvalue weighted by Gasteiger charge is 2.19. The van der Waals surface area contributed by atoms with Gasteiger partial charge in [0.05, 0.1) is 0 Å². The number of benzene rings is 2. The molecule has 0 bridgehead atoms. The van der Waals surface area contributed by atoms with Gasteiger partial charge in [0, 0.05) is 30.8 Å². The van der Waals surface area contributed by atoms with Crippen molar-refractivity contribution in [3.05, 3.63) is 59.7 Å². The molecule has 1 aliphatic rings. The Labute approximate surface area is 142 Å². The standard InChI is InChI=1S/C20H22N2O2/c1-2-21-19(23)18-7-5-6-17(14-18)15-8-10-16(11-9-15)20(24)22-12-3-4-13-22/h5-11,14H,2-4,12-13H2,1H3,(H,21,23). The summed E-state index contributed by atoms with van der Waals surface area (Å²) in [4.78, 5) is 26.2. The highest BCUT2D eigenvalue weighted by Crippen LogP contribution is 2.22. The van der Waals surface area contributed by atoms with E-state index in [0.717, 1.165) is 42.6 Å². The molecule has 2 aromatic carbocycles. The minimum absolute atomic E-state index is 0.0693. The molecule has 124 valence electrons. The normalized spacial score (nSPS) is 13.8. The second kappa shape index (κ2) is 7.30. The fraction of sp³-hybridized carbons (Fsp3) is 0.300. The Bertz CT molecular complexity index is 732. The van der Waals surface area contributed by atoms with Gasteiger partial charge in [-0.05, 0) is 55.2 Å². The van der Waals surface area contributed by atoms with E-state index in [1.807, 2.05) is 54.3 Å². The Kier molecular flexibility index (Phi) is 4.94. The molecule has 1 N–H and O–H groups in total. The summed E-state index contributed by atoms with van der Waals surface area (Å²) in [5.74, 6) is 0.0373. The summed E-state index contributed by atoms with van der Waals surface area (Å²) in [6.07, 6.45) is 2.19. The van der Waals surface area contributed by atoms with Crippen molar-refractivity contribution < 1.29 is 9.59 Å². The number of amides is 2. The first-order valence-electron chi connectivity index (χ1n) is 8.47. The van der Waals surface area contributed by atoms with E-state index in [1.165, 1.54) is 0 Å². The van der Waals surface area contributed by atoms with Crippen molar-refractivity contribution in [1.82, 2.24) is 10.2 Å². The molecule has 0 spiro atoms. The Balaban J connectivity index is 1.79. The lowest BCUT2D eigenvalue weighted by Gasteiger charge is -2.15. The van der Waals surface area contributed by atoms with Crippen LogP contribution in [-0.2, 0) is 0 Å². The van der Waals surface area contributed by atoms with E-state index in [-0.39, 0.29) is 11.8 Å². The molecule has 1 saturated heterocycles. The first-order chi connectivity index (χ1) is 11.7. The molecule has 4 heteroatoms. The molecule has 3 rings (SSSR count). The van der Waals surface area contributed by atoms with E-state index < -0.39 is 0 Å². The lowest BCUT2D eigenvalue weighted by Crippen LogP contribution is -2.27. The van der Waals surface area contributed by atoms with Crippen LogP contribution in [-0.4, -0.2) is 36.3 Å². The Morgan fingerprint density at radius 1 is 0.958 bits per heavy atom. The third-order valence-electron chi connectivity index (χ3n) is 4.32. The van der Waals surface area contributed by atoms with Crippen molar-refractivity contribution in [1.29, 1.82) is 0 Å². The number of nitrogens with one attached hydrogen (secondary N) is 1. The summed E-state index contributed by atoms with van der Waals surface area (Å²) in [6, 6.07) is 15.2. The van der Waals surface area contributed by atoms with Gasteiger partial charge in [0.15, 0.2) is 0 Å². The molecule has 0 saturated carbocycles. The molecule has 1 aliphatic heterocycles. The van der Waals surface area contributed by atoms with Crippen LogP contribution < -0.4 is 5.32 Å². The van der Waals surface area contributed by atoms with Crippen LogP contribution in [0.1, 0.15) is 40.5 Å². The summed E-state index contributed by atoms with van der Waals surface area (Å²) in [7, 11) is 0. The van der Waals surface area contributed by atoms with Crippen molar-refractivity contribution in [2.24, 2.45) is 0 Å². The van der Waals surface area contributed by atoms with Gasteiger partial charge in [0.2, 0.25) is 0 Å². The molecule has 4 nitrogen and oxygen atoms in total. The van der Waals surface area contributed by atoms with Crippen molar-refractivity contribution in [3.63, 3.8) is 0 Å². The van der Waals surface area contributed by atoms with Gasteiger partial charge in [-0.15, -0.1) is 0 Å². The predicted octanol–water partition coefficient (Wildman–Crippen LogP) is 3.34. The first kappa shape index (κ1) is 16.2. The van der Waals surface area contributed by atoms with E-state index in [4.69, 9.17) is 0 Å². The highest BCUT2D eigenvalue weighted by molar-refractivity contribution is 5.96. The lowest BCUT2D eigenvalue weighted by molar-refractivity contribution is 0.0792. The number of carbonyl (C=O) groups is 2. The summed E-state index contributed by atoms with van der Waals surface area (Å²) >= 11 is 0. The predicted molar refractivity (Wildman–Crippen MR) is 95.0 cm³/mol. The van der Waals surface area contributed by atoms with Crippen LogP contribution in [0.3, 0.4) is 0 Å². The third-order valence-corrected chi connectivity index (χ3v) is 4.32. The maximum atomic E-state index is 12.4. The van der Waals surface area contributed by atoms with Gasteiger partial charge in [0.1, 0.15) is 0 Å². The SMILES string of the molecule is CCNC(=O)c1cccc(-c2ccc(C(=O)N3CCCC3)cc2)c1. The topological polar surface area (TPSA) is 49.4 Å². The molecule has 0 radical (unpaired) electrons. The highest BCUT2D eigenvalue weighted by atomic mass is 16.2. The van der Waals surface area contributed by atoms with Crippen LogP contribution in [0.5, 0.6) is 0 Å². The molecule has 0 atom stereocenters. The number of nitrogens with zero attached hydrogens (tertiary/aromatic N) is 1. The van der Waals surface area contributed by atoms with Crippen LogP contribution in [0.2, 0.25) is 0 Å². The van der Waals surface area contributed by atoms with Crippen LogP contribution in [0.15, 0.2) is 48.5 Å². The van der Waals surface area contributed by atoms with Gasteiger partial charge < -0.3 is 10.2 Å². The Hall–Kier alpha value is -2.62. The van der Waals surface area contributed by atoms with Crippen LogP contribution in [0.4, 0.5) is 0 Å². The van der Waals surface area contributed by atoms with Crippen molar-refractivity contribution in [2.75, 3.05) is 19.6 Å². The molecule has 0 aliphatic carbocycles. The smallest absolute Gasteiger partial charge is 0.253 e. The molecule has 2 aromatic rings. The molecule has 24 heavy (non-hydrogen) atoms. The van der Waals surface area contributed by atoms with Gasteiger partial charge in [-0.1, -0.05) is 24.3 Å². The minimum atomic E-state index is -0.0693. The van der Waals surface area contributed by atoms with E-state index in [1.54, 1.807) is 6.07 Å². The molecule has 1 fully saturated rings. The average Bonchev–Trinajstić information content (AvgIpc) is 3.16. The Morgan fingerprint density at radius 2 is 1.67 bits per heavy atom. The maximum absolute atomic E-state index is 12.4. The van der Waals surface area contributed by atoms with Crippen LogP contribution >= 0.6 is 0 Å². The van der Waals surface area contributed by atoms with E-state index in [0.29, 0.717) is 12.1 Å². The first-order valence-corrected chi connectivity index (χ1v) is 8.47. The zero-order valence-electron chi connectivity index (χ0n) is 13.9. The molecule has 2 amide bonds. The minimum Gasteiger partial charge on any atom is -0.352 e. The van der Waals surface area contributed by atoms with Crippen LogP contribution in [0.25, 0.3) is 11.1 Å². The van der Waals surface area contributed by atoms with E-state index in [2.05, 4.69) is 5.32 Å². The molecule has 1 heterocycles. The molecule has 0 aromatic heterocycles. The van der Waals surface area contributed by atoms with E-state index in [9.17, 15) is 9.59 Å². The summed E-state index contributed by atoms with van der Waals surface area (Å²) in [5, 5.41) is 2.81. The second-order valence-electron chi connectivity index (χ2n) is 6.02. The largest absolute Gasteiger partial charge is 0.352 e. The second-order valence-corrected chi connectivity index (χ2v) is 6.02. The van der Waals surface area contributed by atoms with Crippen molar-refractivity contribution in [2.45, 2.75) is 19.8 Å². The summed E-state index contributed by atoms with van der Waals surface area (Å²) in [6.45, 7) is 4.22. The Morgan fingerprint density at radius 3 is 2.33 bits per heavy atom. The molecule has 0 unspecified atom stereocenters. The summed E-state index contributed by atoms with van der Waals surface area (Å²) in [5.41, 5.74) is 3.34. The fourth-order valence-electron chi connectivity index (χ4n) is 3.01. The van der Waals surface area contributed by atoms with Crippen molar-refractivity contribution >= 4 is 11.8 Å². The molecular formula is C20H22N2O2. The maximum Gasteiger partial charge on any atom is 0.253 e. The number of likely N-dealkylation sites (tertiary alicyclic amines) is 1. The average molecular weight is 322 g/mol. The van der Waals surface area contributed by atoms with Crippen LogP contribution in [0, 0.1) is 0 Å². The molecular weight excluding hydrogens is 300 g/mol. The number of rotatable bonds is 4. The van der Waals surface area contributed by atoms with Gasteiger partial charge in [-0.2, -0.15) is 0 Å². The fourth-order valence-corrected chi connectivity index (χ4v) is 3.01. The summed E-state index contributed by atoms with van der Waals surface area (Å²) < 4.78 is 0. The number of hydrogen-bond acceptors (Lipinski definition) is 2. The lowest BCUT2D eigenvalue weighted by atomic mass is 10.0. The quantitative estimate of drug-likeness (QED) is 0.938. The third kappa shape index (κ3) is 3.48. The monoisotopic (exact) mass is 322 g/mol. The van der Waals surface area contributed by atoms with Gasteiger partial charge in [-0.25, -0.2) is 0 Å². The van der Waals surface area contributed by atoms with Crippen molar-refractivity contribution in [3.8, 4) is 11.1 Å². The zero-order chi connectivity index (χ0) is 16.9. The van der Waals surface area contributed by atoms with Gasteiger partial charge >= 0.3 is 0 Å². The number of hydrogen-bond donors (Lipinski definition) is 1. The van der Waals surface area contributed by atoms with Gasteiger partial charge in [-0.3, -0.25) is 9.59 Å². The van der Waals surface area contributed by atoms with Gasteiger partial charge in [0.25, 0.3) is 11.8 Å². The zero-order valence-corrected chi connectivity index (χ0v) is 13.9. The number of carbonyl (C=O) groups excluding carboxylic acids is 2. The van der Waals surface area contributed by atoms with E-state index >= 15 is 0 Å².